The number of hydrogen-bond donors (Lipinski definition) is 0. The van der Waals surface area contributed by atoms with Crippen LogP contribution in [-0.2, 0) is 0 Å². The highest BCUT2D eigenvalue weighted by Gasteiger charge is 2.04. The molecule has 138 valence electrons. The van der Waals surface area contributed by atoms with Crippen molar-refractivity contribution < 1.29 is 4.39 Å². The molecular weight excluding hydrogens is 357 g/mol. The molecule has 1 heterocycles. The van der Waals surface area contributed by atoms with Crippen LogP contribution >= 0.6 is 0 Å². The molecule has 0 aliphatic heterocycles. The summed E-state index contributed by atoms with van der Waals surface area (Å²) in [6, 6.07) is 32.1. The van der Waals surface area contributed by atoms with E-state index in [9.17, 15) is 4.39 Å². The van der Waals surface area contributed by atoms with Gasteiger partial charge in [-0.25, -0.2) is 4.39 Å². The van der Waals surface area contributed by atoms with Crippen LogP contribution < -0.4 is 0 Å². The number of benzene rings is 4. The Kier molecular flexibility index (Phi) is 4.38. The summed E-state index contributed by atoms with van der Waals surface area (Å²) in [5.41, 5.74) is 6.75. The number of nitrogens with zero attached hydrogens (tertiary/aromatic N) is 1. The number of rotatable bonds is 3. The van der Waals surface area contributed by atoms with E-state index in [2.05, 4.69) is 71.7 Å². The van der Waals surface area contributed by atoms with Gasteiger partial charge in [0.2, 0.25) is 0 Å². The molecule has 1 aromatic heterocycles. The van der Waals surface area contributed by atoms with Crippen molar-refractivity contribution in [3.63, 3.8) is 0 Å². The summed E-state index contributed by atoms with van der Waals surface area (Å²) >= 11 is 0. The molecule has 0 amide bonds. The van der Waals surface area contributed by atoms with Crippen LogP contribution in [0.25, 0.3) is 44.2 Å². The first-order valence-corrected chi connectivity index (χ1v) is 9.57. The van der Waals surface area contributed by atoms with E-state index in [0.717, 1.165) is 22.3 Å². The van der Waals surface area contributed by atoms with Crippen LogP contribution in [0.1, 0.15) is 0 Å². The summed E-state index contributed by atoms with van der Waals surface area (Å²) in [5.74, 6) is -0.214. The fraction of sp³-hybridized carbons (Fsp3) is 0. The van der Waals surface area contributed by atoms with E-state index in [1.807, 2.05) is 24.4 Å². The van der Waals surface area contributed by atoms with Crippen molar-refractivity contribution >= 4 is 10.8 Å². The van der Waals surface area contributed by atoms with Crippen LogP contribution in [0.5, 0.6) is 0 Å². The molecule has 0 aliphatic carbocycles. The fourth-order valence-corrected chi connectivity index (χ4v) is 3.64. The van der Waals surface area contributed by atoms with Gasteiger partial charge in [0.1, 0.15) is 5.82 Å². The molecule has 0 saturated heterocycles. The average Bonchev–Trinajstić information content (AvgIpc) is 2.80. The normalized spacial score (nSPS) is 10.9. The lowest BCUT2D eigenvalue weighted by Gasteiger charge is -2.08. The lowest BCUT2D eigenvalue weighted by molar-refractivity contribution is 0.628. The summed E-state index contributed by atoms with van der Waals surface area (Å²) < 4.78 is 13.2. The fourth-order valence-electron chi connectivity index (χ4n) is 3.64. The number of hydrogen-bond acceptors (Lipinski definition) is 1. The van der Waals surface area contributed by atoms with Gasteiger partial charge in [0.15, 0.2) is 0 Å². The molecular formula is C27H18FN. The van der Waals surface area contributed by atoms with E-state index in [0.29, 0.717) is 0 Å². The SMILES string of the molecule is Fc1ccc(-c2ccc3cc(-c4ccc(-c5cccnc5)cc4)ccc3c2)cc1. The topological polar surface area (TPSA) is 12.9 Å². The van der Waals surface area contributed by atoms with Gasteiger partial charge in [0.05, 0.1) is 0 Å². The molecule has 0 fully saturated rings. The Balaban J connectivity index is 1.47. The minimum Gasteiger partial charge on any atom is -0.264 e. The predicted octanol–water partition coefficient (Wildman–Crippen LogP) is 7.37. The summed E-state index contributed by atoms with van der Waals surface area (Å²) in [7, 11) is 0. The summed E-state index contributed by atoms with van der Waals surface area (Å²) in [4.78, 5) is 4.19. The Bertz CT molecular complexity index is 1270. The van der Waals surface area contributed by atoms with E-state index in [1.165, 1.54) is 34.0 Å². The van der Waals surface area contributed by atoms with Gasteiger partial charge in [-0.1, -0.05) is 66.7 Å². The summed E-state index contributed by atoms with van der Waals surface area (Å²) in [6.07, 6.45) is 3.66. The minimum atomic E-state index is -0.214. The highest BCUT2D eigenvalue weighted by Crippen LogP contribution is 2.30. The van der Waals surface area contributed by atoms with Gasteiger partial charge in [-0.05, 0) is 74.5 Å². The Morgan fingerprint density at radius 1 is 0.483 bits per heavy atom. The van der Waals surface area contributed by atoms with Gasteiger partial charge in [0, 0.05) is 12.4 Å². The molecule has 29 heavy (non-hydrogen) atoms. The largest absolute Gasteiger partial charge is 0.264 e. The average molecular weight is 375 g/mol. The van der Waals surface area contributed by atoms with Gasteiger partial charge in [0.25, 0.3) is 0 Å². The van der Waals surface area contributed by atoms with Crippen molar-refractivity contribution in [3.8, 4) is 33.4 Å². The Hall–Kier alpha value is -3.78. The second-order valence-corrected chi connectivity index (χ2v) is 7.10. The zero-order valence-electron chi connectivity index (χ0n) is 15.7. The van der Waals surface area contributed by atoms with E-state index >= 15 is 0 Å². The molecule has 5 rings (SSSR count). The minimum absolute atomic E-state index is 0.214. The van der Waals surface area contributed by atoms with Crippen LogP contribution in [0.15, 0.2) is 109 Å². The first-order valence-electron chi connectivity index (χ1n) is 9.57. The Labute approximate surface area is 169 Å². The van der Waals surface area contributed by atoms with Gasteiger partial charge >= 0.3 is 0 Å². The molecule has 0 bridgehead atoms. The Morgan fingerprint density at radius 3 is 1.48 bits per heavy atom. The van der Waals surface area contributed by atoms with E-state index < -0.39 is 0 Å². The molecule has 0 unspecified atom stereocenters. The third kappa shape index (κ3) is 3.53. The highest BCUT2D eigenvalue weighted by atomic mass is 19.1. The van der Waals surface area contributed by atoms with Gasteiger partial charge in [-0.15, -0.1) is 0 Å². The quantitative estimate of drug-likeness (QED) is 0.321. The smallest absolute Gasteiger partial charge is 0.123 e. The van der Waals surface area contributed by atoms with Crippen molar-refractivity contribution in [2.45, 2.75) is 0 Å². The molecule has 2 heteroatoms. The first-order chi connectivity index (χ1) is 14.3. The molecule has 0 aliphatic rings. The molecule has 0 N–H and O–H groups in total. The van der Waals surface area contributed by atoms with Gasteiger partial charge < -0.3 is 0 Å². The van der Waals surface area contributed by atoms with Crippen LogP contribution in [-0.4, -0.2) is 4.98 Å². The molecule has 0 radical (unpaired) electrons. The van der Waals surface area contributed by atoms with Crippen molar-refractivity contribution in [2.24, 2.45) is 0 Å². The number of pyridine rings is 1. The van der Waals surface area contributed by atoms with Crippen molar-refractivity contribution in [3.05, 3.63) is 115 Å². The zero-order valence-corrected chi connectivity index (χ0v) is 15.7. The first kappa shape index (κ1) is 17.3. The third-order valence-corrected chi connectivity index (χ3v) is 5.23. The second kappa shape index (κ2) is 7.33. The third-order valence-electron chi connectivity index (χ3n) is 5.23. The van der Waals surface area contributed by atoms with Crippen molar-refractivity contribution in [2.75, 3.05) is 0 Å². The van der Waals surface area contributed by atoms with Crippen LogP contribution in [0.4, 0.5) is 4.39 Å². The predicted molar refractivity (Wildman–Crippen MR) is 118 cm³/mol. The van der Waals surface area contributed by atoms with Crippen LogP contribution in [0.3, 0.4) is 0 Å². The van der Waals surface area contributed by atoms with E-state index in [4.69, 9.17) is 0 Å². The second-order valence-electron chi connectivity index (χ2n) is 7.10. The molecule has 0 spiro atoms. The molecule has 0 saturated carbocycles. The highest BCUT2D eigenvalue weighted by molar-refractivity contribution is 5.91. The van der Waals surface area contributed by atoms with Crippen molar-refractivity contribution in [1.82, 2.24) is 4.98 Å². The lowest BCUT2D eigenvalue weighted by atomic mass is 9.97. The maximum atomic E-state index is 13.2. The Morgan fingerprint density at radius 2 is 0.966 bits per heavy atom. The van der Waals surface area contributed by atoms with E-state index in [1.54, 1.807) is 6.20 Å². The number of halogens is 1. The van der Waals surface area contributed by atoms with Crippen LogP contribution in [0.2, 0.25) is 0 Å². The summed E-state index contributed by atoms with van der Waals surface area (Å²) in [6.45, 7) is 0. The number of fused-ring (bicyclic) bond motifs is 1. The monoisotopic (exact) mass is 375 g/mol. The van der Waals surface area contributed by atoms with E-state index in [-0.39, 0.29) is 5.82 Å². The maximum absolute atomic E-state index is 13.2. The van der Waals surface area contributed by atoms with Crippen molar-refractivity contribution in [1.29, 1.82) is 0 Å². The molecule has 4 aromatic carbocycles. The number of aromatic nitrogens is 1. The zero-order chi connectivity index (χ0) is 19.6. The maximum Gasteiger partial charge on any atom is 0.123 e. The van der Waals surface area contributed by atoms with Gasteiger partial charge in [-0.3, -0.25) is 4.98 Å². The molecule has 0 atom stereocenters. The summed E-state index contributed by atoms with van der Waals surface area (Å²) in [5, 5.41) is 2.35. The lowest BCUT2D eigenvalue weighted by Crippen LogP contribution is -1.83. The van der Waals surface area contributed by atoms with Crippen LogP contribution in [0, 0.1) is 5.82 Å². The standard InChI is InChI=1S/C27H18FN/c28-27-13-11-20(12-14-27)23-8-10-24-16-22(7-9-25(24)17-23)19-3-5-21(6-4-19)26-2-1-15-29-18-26/h1-18H. The van der Waals surface area contributed by atoms with Gasteiger partial charge in [-0.2, -0.15) is 0 Å². The molecule has 5 aromatic rings. The molecule has 1 nitrogen and oxygen atoms in total.